The molecule has 2 aromatic rings. The molecule has 5 heteroatoms. The Labute approximate surface area is 125 Å². The van der Waals surface area contributed by atoms with Crippen LogP contribution in [0.4, 0.5) is 0 Å². The molecule has 2 aromatic heterocycles. The van der Waals surface area contributed by atoms with Crippen LogP contribution in [0.1, 0.15) is 31.6 Å². The van der Waals surface area contributed by atoms with Gasteiger partial charge in [-0.1, -0.05) is 0 Å². The second-order valence-corrected chi connectivity index (χ2v) is 6.81. The zero-order valence-electron chi connectivity index (χ0n) is 10.7. The quantitative estimate of drug-likeness (QED) is 0.815. The molecule has 0 saturated heterocycles. The van der Waals surface area contributed by atoms with E-state index in [1.807, 2.05) is 17.8 Å². The molecule has 3 rings (SSSR count). The Hall–Kier alpha value is -1.64. The van der Waals surface area contributed by atoms with Crippen LogP contribution in [0, 0.1) is 11.3 Å². The minimum Gasteiger partial charge on any atom is -0.291 e. The van der Waals surface area contributed by atoms with Crippen LogP contribution in [-0.4, -0.2) is 16.5 Å². The molecule has 3 heterocycles. The van der Waals surface area contributed by atoms with Gasteiger partial charge in [0.15, 0.2) is 5.78 Å². The molecule has 0 radical (unpaired) electrons. The third kappa shape index (κ3) is 2.49. The largest absolute Gasteiger partial charge is 0.291 e. The van der Waals surface area contributed by atoms with E-state index in [9.17, 15) is 10.1 Å². The van der Waals surface area contributed by atoms with Crippen molar-refractivity contribution in [2.45, 2.75) is 18.1 Å². The monoisotopic (exact) mass is 300 g/mol. The normalized spacial score (nSPS) is 15.2. The second-order valence-electron chi connectivity index (χ2n) is 4.57. The van der Waals surface area contributed by atoms with Crippen molar-refractivity contribution in [1.29, 1.82) is 5.26 Å². The molecule has 0 aromatic carbocycles. The summed E-state index contributed by atoms with van der Waals surface area (Å²) in [4.78, 5) is 18.5. The number of nitrogens with zero attached hydrogens (tertiary/aromatic N) is 2. The van der Waals surface area contributed by atoms with Crippen LogP contribution in [0.3, 0.4) is 0 Å². The van der Waals surface area contributed by atoms with Gasteiger partial charge in [0, 0.05) is 23.0 Å². The number of thiophene rings is 1. The number of hydrogen-bond acceptors (Lipinski definition) is 5. The van der Waals surface area contributed by atoms with Crippen molar-refractivity contribution in [3.05, 3.63) is 51.5 Å². The maximum Gasteiger partial charge on any atom is 0.194 e. The number of pyridine rings is 1. The van der Waals surface area contributed by atoms with Crippen LogP contribution >= 0.6 is 23.1 Å². The molecule has 0 N–H and O–H groups in total. The Morgan fingerprint density at radius 3 is 2.90 bits per heavy atom. The summed E-state index contributed by atoms with van der Waals surface area (Å²) in [5.41, 5.74) is 1.98. The summed E-state index contributed by atoms with van der Waals surface area (Å²) in [7, 11) is 0. The Kier molecular flexibility index (Phi) is 3.86. The van der Waals surface area contributed by atoms with E-state index in [4.69, 9.17) is 0 Å². The average Bonchev–Trinajstić information content (AvgIpc) is 2.93. The van der Waals surface area contributed by atoms with Crippen LogP contribution in [0.25, 0.3) is 0 Å². The number of carbonyl (C=O) groups excluding carboxylic acids is 1. The van der Waals surface area contributed by atoms with Crippen molar-refractivity contribution >= 4 is 28.9 Å². The molecule has 1 aliphatic rings. The summed E-state index contributed by atoms with van der Waals surface area (Å²) in [5.74, 6) is 1.27. The van der Waals surface area contributed by atoms with Gasteiger partial charge >= 0.3 is 0 Å². The second kappa shape index (κ2) is 5.78. The summed E-state index contributed by atoms with van der Waals surface area (Å²) in [6.45, 7) is 0. The van der Waals surface area contributed by atoms with Crippen LogP contribution in [-0.2, 0) is 12.2 Å². The Morgan fingerprint density at radius 2 is 2.20 bits per heavy atom. The fourth-order valence-electron chi connectivity index (χ4n) is 2.25. The van der Waals surface area contributed by atoms with Gasteiger partial charge in [0.1, 0.15) is 5.92 Å². The minimum absolute atomic E-state index is 0.0944. The van der Waals surface area contributed by atoms with Gasteiger partial charge in [0.2, 0.25) is 0 Å². The SMILES string of the molecule is N#CC(C(=O)c1cc2c(s1)CCSC2)c1ccncc1. The Morgan fingerprint density at radius 1 is 1.40 bits per heavy atom. The van der Waals surface area contributed by atoms with Gasteiger partial charge in [-0.05, 0) is 41.5 Å². The first kappa shape index (κ1) is 13.3. The topological polar surface area (TPSA) is 53.8 Å². The first-order valence-electron chi connectivity index (χ1n) is 6.32. The van der Waals surface area contributed by atoms with E-state index in [0.717, 1.165) is 17.9 Å². The Bertz CT molecular complexity index is 649. The molecular weight excluding hydrogens is 288 g/mol. The predicted octanol–water partition coefficient (Wildman–Crippen LogP) is 3.42. The zero-order valence-corrected chi connectivity index (χ0v) is 12.3. The lowest BCUT2D eigenvalue weighted by molar-refractivity contribution is 0.0982. The highest BCUT2D eigenvalue weighted by molar-refractivity contribution is 7.98. The molecule has 0 saturated carbocycles. The van der Waals surface area contributed by atoms with Crippen LogP contribution in [0.15, 0.2) is 30.6 Å². The van der Waals surface area contributed by atoms with E-state index in [1.54, 1.807) is 35.9 Å². The summed E-state index contributed by atoms with van der Waals surface area (Å²) >= 11 is 3.45. The molecule has 0 bridgehead atoms. The molecule has 1 unspecified atom stereocenters. The van der Waals surface area contributed by atoms with Gasteiger partial charge in [-0.25, -0.2) is 0 Å². The Balaban J connectivity index is 1.91. The van der Waals surface area contributed by atoms with Gasteiger partial charge in [0.05, 0.1) is 10.9 Å². The standard InChI is InChI=1S/C15H12N2OS2/c16-8-12(10-1-4-17-5-2-10)15(18)14-7-11-9-19-6-3-13(11)20-14/h1-2,4-5,7,12H,3,6,9H2. The van der Waals surface area contributed by atoms with Crippen LogP contribution in [0.5, 0.6) is 0 Å². The highest BCUT2D eigenvalue weighted by atomic mass is 32.2. The number of ketones is 1. The lowest BCUT2D eigenvalue weighted by atomic mass is 9.96. The number of aryl methyl sites for hydroxylation is 1. The zero-order chi connectivity index (χ0) is 13.9. The first-order chi connectivity index (χ1) is 9.79. The van der Waals surface area contributed by atoms with E-state index in [2.05, 4.69) is 11.1 Å². The summed E-state index contributed by atoms with van der Waals surface area (Å²) in [6.07, 6.45) is 4.26. The van der Waals surface area contributed by atoms with Crippen molar-refractivity contribution < 1.29 is 4.79 Å². The summed E-state index contributed by atoms with van der Waals surface area (Å²) < 4.78 is 0. The van der Waals surface area contributed by atoms with E-state index in [1.165, 1.54) is 10.4 Å². The molecule has 1 atom stereocenters. The van der Waals surface area contributed by atoms with Gasteiger partial charge < -0.3 is 0 Å². The van der Waals surface area contributed by atoms with E-state index in [-0.39, 0.29) is 5.78 Å². The molecule has 100 valence electrons. The average molecular weight is 300 g/mol. The molecule has 0 amide bonds. The summed E-state index contributed by atoms with van der Waals surface area (Å²) in [6, 6.07) is 7.56. The number of Topliss-reactive ketones (excluding diaryl/α,β-unsaturated/α-hetero) is 1. The van der Waals surface area contributed by atoms with E-state index < -0.39 is 5.92 Å². The van der Waals surface area contributed by atoms with Crippen molar-refractivity contribution in [2.75, 3.05) is 5.75 Å². The highest BCUT2D eigenvalue weighted by Gasteiger charge is 2.25. The van der Waals surface area contributed by atoms with E-state index in [0.29, 0.717) is 10.4 Å². The molecule has 1 aliphatic heterocycles. The van der Waals surface area contributed by atoms with Crippen molar-refractivity contribution in [3.8, 4) is 6.07 Å². The number of fused-ring (bicyclic) bond motifs is 1. The van der Waals surface area contributed by atoms with Gasteiger partial charge in [0.25, 0.3) is 0 Å². The fourth-order valence-corrected chi connectivity index (χ4v) is 4.59. The molecule has 20 heavy (non-hydrogen) atoms. The van der Waals surface area contributed by atoms with Crippen LogP contribution in [0.2, 0.25) is 0 Å². The number of carbonyl (C=O) groups is 1. The highest BCUT2D eigenvalue weighted by Crippen LogP contribution is 2.34. The molecule has 0 fully saturated rings. The lowest BCUT2D eigenvalue weighted by Gasteiger charge is -2.08. The number of aromatic nitrogens is 1. The van der Waals surface area contributed by atoms with Crippen LogP contribution < -0.4 is 0 Å². The maximum atomic E-state index is 12.6. The molecular formula is C15H12N2OS2. The predicted molar refractivity (Wildman–Crippen MR) is 81.1 cm³/mol. The van der Waals surface area contributed by atoms with Crippen molar-refractivity contribution in [3.63, 3.8) is 0 Å². The van der Waals surface area contributed by atoms with Crippen molar-refractivity contribution in [1.82, 2.24) is 4.98 Å². The fraction of sp³-hybridized carbons (Fsp3) is 0.267. The van der Waals surface area contributed by atoms with Gasteiger partial charge in [-0.15, -0.1) is 11.3 Å². The number of nitriles is 1. The first-order valence-corrected chi connectivity index (χ1v) is 8.30. The molecule has 0 spiro atoms. The number of hydrogen-bond donors (Lipinski definition) is 0. The number of thioether (sulfide) groups is 1. The van der Waals surface area contributed by atoms with Gasteiger partial charge in [-0.2, -0.15) is 17.0 Å². The summed E-state index contributed by atoms with van der Waals surface area (Å²) in [5, 5.41) is 9.32. The third-order valence-electron chi connectivity index (χ3n) is 3.30. The maximum absolute atomic E-state index is 12.6. The third-order valence-corrected chi connectivity index (χ3v) is 5.56. The van der Waals surface area contributed by atoms with Gasteiger partial charge in [-0.3, -0.25) is 9.78 Å². The molecule has 0 aliphatic carbocycles. The lowest BCUT2D eigenvalue weighted by Crippen LogP contribution is -2.09. The smallest absolute Gasteiger partial charge is 0.194 e. The van der Waals surface area contributed by atoms with E-state index >= 15 is 0 Å². The minimum atomic E-state index is -0.731. The number of rotatable bonds is 3. The molecule has 3 nitrogen and oxygen atoms in total. The van der Waals surface area contributed by atoms with Crippen molar-refractivity contribution in [2.24, 2.45) is 0 Å².